The smallest absolute Gasteiger partial charge is 0.160 e. The van der Waals surface area contributed by atoms with Gasteiger partial charge in [-0.1, -0.05) is 26.0 Å². The van der Waals surface area contributed by atoms with Crippen molar-refractivity contribution < 1.29 is 5.11 Å². The van der Waals surface area contributed by atoms with Crippen LogP contribution in [0, 0.1) is 0 Å². The van der Waals surface area contributed by atoms with Gasteiger partial charge in [0, 0.05) is 47.7 Å². The zero-order valence-corrected chi connectivity index (χ0v) is 21.4. The molecule has 2 fully saturated rings. The minimum Gasteiger partial charge on any atom is -0.507 e. The molecule has 6 rings (SSSR count). The normalized spacial score (nSPS) is 22.5. The molecule has 0 radical (unpaired) electrons. The molecule has 1 aromatic carbocycles. The van der Waals surface area contributed by atoms with Gasteiger partial charge in [-0.3, -0.25) is 4.90 Å². The van der Waals surface area contributed by atoms with Gasteiger partial charge in [0.25, 0.3) is 0 Å². The van der Waals surface area contributed by atoms with Crippen LogP contribution in [-0.2, 0) is 6.42 Å². The van der Waals surface area contributed by atoms with Gasteiger partial charge < -0.3 is 20.3 Å². The fourth-order valence-electron chi connectivity index (χ4n) is 6.41. The number of benzene rings is 1. The van der Waals surface area contributed by atoms with Gasteiger partial charge in [0.2, 0.25) is 0 Å². The van der Waals surface area contributed by atoms with E-state index in [4.69, 9.17) is 0 Å². The first-order chi connectivity index (χ1) is 17.2. The monoisotopic (exact) mass is 476 g/mol. The SMILES string of the molecule is CC.CC1c2c([nH]c3nnc(-c4ccccc4O)cc23)CCN1C1CCN(C2CCNCC2)CC1. The summed E-state index contributed by atoms with van der Waals surface area (Å²) < 4.78 is 0. The van der Waals surface area contributed by atoms with E-state index >= 15 is 0 Å². The third kappa shape index (κ3) is 4.69. The molecule has 0 saturated carbocycles. The van der Waals surface area contributed by atoms with Crippen molar-refractivity contribution in [3.05, 3.63) is 41.6 Å². The van der Waals surface area contributed by atoms with Crippen LogP contribution in [0.4, 0.5) is 0 Å². The lowest BCUT2D eigenvalue weighted by Gasteiger charge is -2.45. The molecule has 5 heterocycles. The molecule has 1 atom stereocenters. The summed E-state index contributed by atoms with van der Waals surface area (Å²) in [5.74, 6) is 0.241. The number of rotatable bonds is 3. The van der Waals surface area contributed by atoms with E-state index in [0.717, 1.165) is 41.3 Å². The number of hydrogen-bond donors (Lipinski definition) is 3. The predicted octanol–water partition coefficient (Wildman–Crippen LogP) is 4.49. The number of nitrogens with one attached hydrogen (secondary N) is 2. The van der Waals surface area contributed by atoms with E-state index in [0.29, 0.717) is 12.1 Å². The Morgan fingerprint density at radius 2 is 1.69 bits per heavy atom. The lowest BCUT2D eigenvalue weighted by Crippen LogP contribution is -2.51. The minimum absolute atomic E-state index is 0.241. The summed E-state index contributed by atoms with van der Waals surface area (Å²) >= 11 is 0. The highest BCUT2D eigenvalue weighted by molar-refractivity contribution is 5.86. The summed E-state index contributed by atoms with van der Waals surface area (Å²) in [6.45, 7) is 12.2. The maximum absolute atomic E-state index is 10.3. The molecule has 3 aliphatic rings. The molecule has 188 valence electrons. The number of nitrogens with zero attached hydrogens (tertiary/aromatic N) is 4. The number of hydrogen-bond acceptors (Lipinski definition) is 6. The Bertz CT molecular complexity index is 1130. The van der Waals surface area contributed by atoms with Crippen LogP contribution in [0.2, 0.25) is 0 Å². The first-order valence-corrected chi connectivity index (χ1v) is 13.6. The van der Waals surface area contributed by atoms with Gasteiger partial charge in [0.15, 0.2) is 5.65 Å². The van der Waals surface area contributed by atoms with Gasteiger partial charge in [-0.25, -0.2) is 0 Å². The molecular weight excluding hydrogens is 436 g/mol. The molecule has 0 bridgehead atoms. The second kappa shape index (κ2) is 10.6. The van der Waals surface area contributed by atoms with Crippen LogP contribution >= 0.6 is 0 Å². The molecule has 3 N–H and O–H groups in total. The standard InChI is InChI=1S/C26H34N6O.C2H6/c1-17-25-21-16-23(20-4-2-3-5-24(20)33)29-30-26(21)28-22(25)10-15-32(17)19-8-13-31(14-9-19)18-6-11-27-12-7-18;1-2/h2-5,16-19,27,33H,6-15H2,1H3,(H,28,30);1-2H3. The van der Waals surface area contributed by atoms with Crippen molar-refractivity contribution in [1.82, 2.24) is 30.3 Å². The summed E-state index contributed by atoms with van der Waals surface area (Å²) in [6.07, 6.45) is 6.13. The Morgan fingerprint density at radius 1 is 0.943 bits per heavy atom. The van der Waals surface area contributed by atoms with Gasteiger partial charge in [0.05, 0.1) is 5.69 Å². The summed E-state index contributed by atoms with van der Waals surface area (Å²) in [4.78, 5) is 9.02. The number of aromatic amines is 1. The van der Waals surface area contributed by atoms with Crippen LogP contribution in [0.3, 0.4) is 0 Å². The number of fused-ring (bicyclic) bond motifs is 3. The summed E-state index contributed by atoms with van der Waals surface area (Å²) in [5.41, 5.74) is 4.97. The average Bonchev–Trinajstić information content (AvgIpc) is 3.30. The number of piperidine rings is 2. The van der Waals surface area contributed by atoms with Crippen molar-refractivity contribution in [3.8, 4) is 17.0 Å². The maximum Gasteiger partial charge on any atom is 0.160 e. The number of phenols is 1. The van der Waals surface area contributed by atoms with Crippen molar-refractivity contribution in [3.63, 3.8) is 0 Å². The summed E-state index contributed by atoms with van der Waals surface area (Å²) in [7, 11) is 0. The third-order valence-electron chi connectivity index (χ3n) is 8.19. The molecular formula is C28H40N6O. The first-order valence-electron chi connectivity index (χ1n) is 13.6. The lowest BCUT2D eigenvalue weighted by atomic mass is 9.91. The molecule has 2 aromatic heterocycles. The van der Waals surface area contributed by atoms with Gasteiger partial charge in [-0.05, 0) is 82.5 Å². The zero-order valence-electron chi connectivity index (χ0n) is 21.4. The van der Waals surface area contributed by atoms with Crippen LogP contribution in [0.15, 0.2) is 30.3 Å². The van der Waals surface area contributed by atoms with Crippen LogP contribution in [0.25, 0.3) is 22.3 Å². The van der Waals surface area contributed by atoms with Crippen LogP contribution in [-0.4, -0.2) is 74.9 Å². The highest BCUT2D eigenvalue weighted by Gasteiger charge is 2.35. The van der Waals surface area contributed by atoms with Gasteiger partial charge in [-0.15, -0.1) is 10.2 Å². The van der Waals surface area contributed by atoms with Gasteiger partial charge >= 0.3 is 0 Å². The molecule has 7 heteroatoms. The van der Waals surface area contributed by atoms with Crippen molar-refractivity contribution >= 4 is 11.0 Å². The highest BCUT2D eigenvalue weighted by atomic mass is 16.3. The molecule has 7 nitrogen and oxygen atoms in total. The molecule has 0 spiro atoms. The lowest BCUT2D eigenvalue weighted by molar-refractivity contribution is 0.0501. The number of para-hydroxylation sites is 1. The summed E-state index contributed by atoms with van der Waals surface area (Å²) in [5, 5.41) is 23.8. The molecule has 3 aromatic rings. The average molecular weight is 477 g/mol. The molecule has 0 amide bonds. The van der Waals surface area contributed by atoms with Crippen molar-refractivity contribution in [2.24, 2.45) is 0 Å². The molecule has 0 aliphatic carbocycles. The molecule has 1 unspecified atom stereocenters. The third-order valence-corrected chi connectivity index (χ3v) is 8.19. The number of aromatic hydroxyl groups is 1. The predicted molar refractivity (Wildman–Crippen MR) is 142 cm³/mol. The fraction of sp³-hybridized carbons (Fsp3) is 0.571. The second-order valence-electron chi connectivity index (χ2n) is 9.94. The summed E-state index contributed by atoms with van der Waals surface area (Å²) in [6, 6.07) is 11.2. The van der Waals surface area contributed by atoms with Crippen molar-refractivity contribution in [2.45, 2.75) is 71.0 Å². The van der Waals surface area contributed by atoms with E-state index in [-0.39, 0.29) is 5.75 Å². The minimum atomic E-state index is 0.241. The first kappa shape index (κ1) is 24.2. The van der Waals surface area contributed by atoms with Crippen LogP contribution in [0.5, 0.6) is 5.75 Å². The Labute approximate surface area is 208 Å². The van der Waals surface area contributed by atoms with E-state index in [9.17, 15) is 5.11 Å². The molecule has 35 heavy (non-hydrogen) atoms. The highest BCUT2D eigenvalue weighted by Crippen LogP contribution is 2.39. The van der Waals surface area contributed by atoms with E-state index in [1.165, 1.54) is 63.1 Å². The van der Waals surface area contributed by atoms with Crippen molar-refractivity contribution in [1.29, 1.82) is 0 Å². The van der Waals surface area contributed by atoms with E-state index in [1.54, 1.807) is 6.07 Å². The van der Waals surface area contributed by atoms with Crippen LogP contribution < -0.4 is 5.32 Å². The quantitative estimate of drug-likeness (QED) is 0.517. The topological polar surface area (TPSA) is 80.3 Å². The number of phenolic OH excluding ortho intramolecular Hbond substituents is 1. The number of H-pyrrole nitrogens is 1. The van der Waals surface area contributed by atoms with Crippen molar-refractivity contribution in [2.75, 3.05) is 32.7 Å². The number of likely N-dealkylation sites (tertiary alicyclic amines) is 1. The van der Waals surface area contributed by atoms with Crippen LogP contribution in [0.1, 0.15) is 63.8 Å². The maximum atomic E-state index is 10.3. The molecule has 3 aliphatic heterocycles. The Hall–Kier alpha value is -2.48. The largest absolute Gasteiger partial charge is 0.507 e. The van der Waals surface area contributed by atoms with E-state index < -0.39 is 0 Å². The Kier molecular flexibility index (Phi) is 7.37. The van der Waals surface area contributed by atoms with Gasteiger partial charge in [-0.2, -0.15) is 0 Å². The van der Waals surface area contributed by atoms with E-state index in [2.05, 4.69) is 43.3 Å². The fourth-order valence-corrected chi connectivity index (χ4v) is 6.41. The molecule has 2 saturated heterocycles. The Morgan fingerprint density at radius 3 is 2.43 bits per heavy atom. The number of aromatic nitrogens is 3. The second-order valence-corrected chi connectivity index (χ2v) is 9.94. The van der Waals surface area contributed by atoms with Gasteiger partial charge in [0.1, 0.15) is 5.75 Å². The zero-order chi connectivity index (χ0) is 24.4. The van der Waals surface area contributed by atoms with E-state index in [1.807, 2.05) is 32.0 Å². The Balaban J connectivity index is 0.00000124.